The molecule has 0 atom stereocenters. The Kier molecular flexibility index (Phi) is 2.60. The normalized spacial score (nSPS) is 18.8. The van der Waals surface area contributed by atoms with Crippen LogP contribution in [0.2, 0.25) is 0 Å². The molecule has 0 N–H and O–H groups in total. The van der Waals surface area contributed by atoms with Gasteiger partial charge in [-0.2, -0.15) is 0 Å². The third kappa shape index (κ3) is 1.89. The minimum atomic E-state index is 0.691. The van der Waals surface area contributed by atoms with Gasteiger partial charge in [0.25, 0.3) is 0 Å². The molecule has 1 aliphatic heterocycles. The molecule has 0 aromatic carbocycles. The van der Waals surface area contributed by atoms with E-state index in [4.69, 9.17) is 4.74 Å². The van der Waals surface area contributed by atoms with Gasteiger partial charge in [0.15, 0.2) is 0 Å². The minimum Gasteiger partial charge on any atom is -0.381 e. The predicted octanol–water partition coefficient (Wildman–Crippen LogP) is 2.28. The molecule has 2 heterocycles. The number of aryl methyl sites for hydroxylation is 1. The number of rotatable bonds is 1. The van der Waals surface area contributed by atoms with Crippen LogP contribution in [0, 0.1) is 6.92 Å². The number of aromatic nitrogens is 1. The molecule has 0 radical (unpaired) electrons. The zero-order valence-corrected chi connectivity index (χ0v) is 7.99. The van der Waals surface area contributed by atoms with E-state index in [-0.39, 0.29) is 0 Å². The number of nitrogens with zero attached hydrogens (tertiary/aromatic N) is 1. The Morgan fingerprint density at radius 2 is 2.15 bits per heavy atom. The molecule has 0 aliphatic carbocycles. The van der Waals surface area contributed by atoms with E-state index in [9.17, 15) is 0 Å². The second kappa shape index (κ2) is 3.88. The second-order valence-electron chi connectivity index (χ2n) is 3.62. The van der Waals surface area contributed by atoms with Crippen LogP contribution in [0.1, 0.15) is 29.9 Å². The van der Waals surface area contributed by atoms with E-state index in [1.54, 1.807) is 0 Å². The van der Waals surface area contributed by atoms with Crippen LogP contribution in [0.4, 0.5) is 0 Å². The highest BCUT2D eigenvalue weighted by molar-refractivity contribution is 5.25. The molecule has 2 heteroatoms. The summed E-state index contributed by atoms with van der Waals surface area (Å²) >= 11 is 0. The molecule has 0 saturated carbocycles. The standard InChI is InChI=1S/C11H15NO/c1-9-8-12-5-2-11(9)10-3-6-13-7-4-10/h2,5,8,10H,3-4,6-7H2,1H3. The molecule has 0 amide bonds. The van der Waals surface area contributed by atoms with Crippen LogP contribution in [0.15, 0.2) is 18.5 Å². The lowest BCUT2D eigenvalue weighted by Gasteiger charge is -2.23. The summed E-state index contributed by atoms with van der Waals surface area (Å²) in [7, 11) is 0. The monoisotopic (exact) mass is 177 g/mol. The lowest BCUT2D eigenvalue weighted by Crippen LogP contribution is -2.14. The van der Waals surface area contributed by atoms with E-state index in [0.29, 0.717) is 5.92 Å². The summed E-state index contributed by atoms with van der Waals surface area (Å²) in [6, 6.07) is 2.14. The number of pyridine rings is 1. The molecule has 0 unspecified atom stereocenters. The Hall–Kier alpha value is -0.890. The first-order chi connectivity index (χ1) is 6.38. The summed E-state index contributed by atoms with van der Waals surface area (Å²) in [4.78, 5) is 4.11. The van der Waals surface area contributed by atoms with Crippen molar-refractivity contribution in [2.24, 2.45) is 0 Å². The first-order valence-corrected chi connectivity index (χ1v) is 4.86. The zero-order chi connectivity index (χ0) is 9.10. The SMILES string of the molecule is Cc1cnccc1C1CCOCC1. The first kappa shape index (κ1) is 8.70. The number of hydrogen-bond acceptors (Lipinski definition) is 2. The fraction of sp³-hybridized carbons (Fsp3) is 0.545. The van der Waals surface area contributed by atoms with Crippen molar-refractivity contribution in [3.8, 4) is 0 Å². The highest BCUT2D eigenvalue weighted by atomic mass is 16.5. The maximum Gasteiger partial charge on any atom is 0.0471 e. The molecule has 1 fully saturated rings. The van der Waals surface area contributed by atoms with Crippen molar-refractivity contribution >= 4 is 0 Å². The summed E-state index contributed by atoms with van der Waals surface area (Å²) in [5.74, 6) is 0.691. The van der Waals surface area contributed by atoms with Crippen molar-refractivity contribution in [2.45, 2.75) is 25.7 Å². The molecule has 1 saturated heterocycles. The third-order valence-electron chi connectivity index (χ3n) is 2.72. The molecular formula is C11H15NO. The Balaban J connectivity index is 2.18. The average Bonchev–Trinajstić information content (AvgIpc) is 2.20. The third-order valence-corrected chi connectivity index (χ3v) is 2.72. The summed E-state index contributed by atoms with van der Waals surface area (Å²) in [5.41, 5.74) is 2.77. The Labute approximate surface area is 78.9 Å². The van der Waals surface area contributed by atoms with Crippen LogP contribution in [-0.4, -0.2) is 18.2 Å². The van der Waals surface area contributed by atoms with Crippen LogP contribution in [-0.2, 0) is 4.74 Å². The smallest absolute Gasteiger partial charge is 0.0471 e. The molecule has 70 valence electrons. The molecule has 1 aromatic rings. The maximum atomic E-state index is 5.35. The van der Waals surface area contributed by atoms with Gasteiger partial charge in [0.05, 0.1) is 0 Å². The molecule has 1 aliphatic rings. The van der Waals surface area contributed by atoms with Crippen molar-refractivity contribution in [1.82, 2.24) is 4.98 Å². The Bertz CT molecular complexity index is 279. The van der Waals surface area contributed by atoms with Gasteiger partial charge in [0.1, 0.15) is 0 Å². The zero-order valence-electron chi connectivity index (χ0n) is 7.99. The highest BCUT2D eigenvalue weighted by Crippen LogP contribution is 2.28. The number of hydrogen-bond donors (Lipinski definition) is 0. The molecule has 1 aromatic heterocycles. The molecule has 0 bridgehead atoms. The van der Waals surface area contributed by atoms with E-state index in [0.717, 1.165) is 26.1 Å². The quantitative estimate of drug-likeness (QED) is 0.656. The molecule has 13 heavy (non-hydrogen) atoms. The van der Waals surface area contributed by atoms with Gasteiger partial charge in [-0.05, 0) is 42.9 Å². The van der Waals surface area contributed by atoms with Gasteiger partial charge in [0, 0.05) is 25.6 Å². The highest BCUT2D eigenvalue weighted by Gasteiger charge is 2.16. The maximum absolute atomic E-state index is 5.35. The topological polar surface area (TPSA) is 22.1 Å². The lowest BCUT2D eigenvalue weighted by molar-refractivity contribution is 0.0852. The largest absolute Gasteiger partial charge is 0.381 e. The summed E-state index contributed by atoms with van der Waals surface area (Å²) in [6.07, 6.45) is 6.15. The summed E-state index contributed by atoms with van der Waals surface area (Å²) in [6.45, 7) is 3.96. The fourth-order valence-corrected chi connectivity index (χ4v) is 1.95. The first-order valence-electron chi connectivity index (χ1n) is 4.86. The van der Waals surface area contributed by atoms with Gasteiger partial charge >= 0.3 is 0 Å². The van der Waals surface area contributed by atoms with E-state index in [2.05, 4.69) is 18.0 Å². The van der Waals surface area contributed by atoms with Gasteiger partial charge in [-0.3, -0.25) is 4.98 Å². The van der Waals surface area contributed by atoms with Crippen molar-refractivity contribution in [3.05, 3.63) is 29.6 Å². The van der Waals surface area contributed by atoms with Crippen molar-refractivity contribution in [3.63, 3.8) is 0 Å². The summed E-state index contributed by atoms with van der Waals surface area (Å²) < 4.78 is 5.35. The van der Waals surface area contributed by atoms with Gasteiger partial charge in [-0.15, -0.1) is 0 Å². The van der Waals surface area contributed by atoms with E-state index < -0.39 is 0 Å². The molecule has 2 nitrogen and oxygen atoms in total. The Morgan fingerprint density at radius 1 is 1.38 bits per heavy atom. The van der Waals surface area contributed by atoms with Gasteiger partial charge in [-0.25, -0.2) is 0 Å². The molecule has 2 rings (SSSR count). The van der Waals surface area contributed by atoms with Gasteiger partial charge in [0.2, 0.25) is 0 Å². The predicted molar refractivity (Wildman–Crippen MR) is 51.8 cm³/mol. The van der Waals surface area contributed by atoms with Crippen LogP contribution in [0.25, 0.3) is 0 Å². The van der Waals surface area contributed by atoms with Crippen molar-refractivity contribution in [1.29, 1.82) is 0 Å². The van der Waals surface area contributed by atoms with Crippen molar-refractivity contribution in [2.75, 3.05) is 13.2 Å². The van der Waals surface area contributed by atoms with Crippen LogP contribution in [0.3, 0.4) is 0 Å². The van der Waals surface area contributed by atoms with Crippen LogP contribution in [0.5, 0.6) is 0 Å². The Morgan fingerprint density at radius 3 is 2.85 bits per heavy atom. The van der Waals surface area contributed by atoms with E-state index >= 15 is 0 Å². The van der Waals surface area contributed by atoms with Crippen LogP contribution < -0.4 is 0 Å². The molecular weight excluding hydrogens is 162 g/mol. The van der Waals surface area contributed by atoms with E-state index in [1.807, 2.05) is 12.4 Å². The second-order valence-corrected chi connectivity index (χ2v) is 3.62. The van der Waals surface area contributed by atoms with Gasteiger partial charge < -0.3 is 4.74 Å². The minimum absolute atomic E-state index is 0.691. The molecule has 0 spiro atoms. The summed E-state index contributed by atoms with van der Waals surface area (Å²) in [5, 5.41) is 0. The number of ether oxygens (including phenoxy) is 1. The average molecular weight is 177 g/mol. The van der Waals surface area contributed by atoms with Gasteiger partial charge in [-0.1, -0.05) is 0 Å². The van der Waals surface area contributed by atoms with Crippen molar-refractivity contribution < 1.29 is 4.74 Å². The fourth-order valence-electron chi connectivity index (χ4n) is 1.95. The lowest BCUT2D eigenvalue weighted by atomic mass is 9.90. The van der Waals surface area contributed by atoms with E-state index in [1.165, 1.54) is 11.1 Å². The van der Waals surface area contributed by atoms with Crippen LogP contribution >= 0.6 is 0 Å².